The minimum Gasteiger partial charge on any atom is -0.339 e. The lowest BCUT2D eigenvalue weighted by Crippen LogP contribution is -2.34. The van der Waals surface area contributed by atoms with E-state index in [4.69, 9.17) is 12.2 Å². The smallest absolute Gasteiger partial charge is 0.270 e. The fourth-order valence-corrected chi connectivity index (χ4v) is 3.11. The summed E-state index contributed by atoms with van der Waals surface area (Å²) in [5, 5.41) is 16.2. The van der Waals surface area contributed by atoms with Gasteiger partial charge < -0.3 is 10.2 Å². The Hall–Kier alpha value is -3.33. The van der Waals surface area contributed by atoms with Crippen LogP contribution in [0.15, 0.2) is 48.5 Å². The van der Waals surface area contributed by atoms with E-state index in [-0.39, 0.29) is 22.3 Å². The lowest BCUT2D eigenvalue weighted by atomic mass is 10.2. The van der Waals surface area contributed by atoms with Crippen LogP contribution >= 0.6 is 12.2 Å². The zero-order valence-electron chi connectivity index (χ0n) is 14.9. The predicted octanol–water partition coefficient (Wildman–Crippen LogP) is 2.96. The summed E-state index contributed by atoms with van der Waals surface area (Å²) in [6, 6.07) is 12.2. The fraction of sp³-hybridized carbons (Fsp3) is 0.211. The summed E-state index contributed by atoms with van der Waals surface area (Å²) in [5.41, 5.74) is 1.16. The van der Waals surface area contributed by atoms with Gasteiger partial charge in [-0.3, -0.25) is 25.0 Å². The Morgan fingerprint density at radius 1 is 1.04 bits per heavy atom. The van der Waals surface area contributed by atoms with E-state index in [1.807, 2.05) is 4.90 Å². The molecule has 0 aromatic heterocycles. The van der Waals surface area contributed by atoms with E-state index < -0.39 is 10.8 Å². The highest BCUT2D eigenvalue weighted by atomic mass is 32.1. The van der Waals surface area contributed by atoms with E-state index in [1.54, 1.807) is 24.3 Å². The first-order valence-corrected chi connectivity index (χ1v) is 9.11. The SMILES string of the molecule is O=C(NC(=S)Nc1ccc(C(=O)N2CCCC2)cc1)c1cccc([N+](=O)[O-])c1. The first-order chi connectivity index (χ1) is 13.4. The number of rotatable bonds is 4. The third-order valence-corrected chi connectivity index (χ3v) is 4.53. The van der Waals surface area contributed by atoms with Gasteiger partial charge in [0.05, 0.1) is 4.92 Å². The summed E-state index contributed by atoms with van der Waals surface area (Å²) >= 11 is 5.12. The van der Waals surface area contributed by atoms with Gasteiger partial charge >= 0.3 is 0 Å². The monoisotopic (exact) mass is 398 g/mol. The van der Waals surface area contributed by atoms with Crippen molar-refractivity contribution in [1.29, 1.82) is 0 Å². The number of nitrogens with zero attached hydrogens (tertiary/aromatic N) is 2. The number of hydrogen-bond acceptors (Lipinski definition) is 5. The molecule has 2 N–H and O–H groups in total. The number of hydrogen-bond donors (Lipinski definition) is 2. The third kappa shape index (κ3) is 4.68. The summed E-state index contributed by atoms with van der Waals surface area (Å²) < 4.78 is 0. The van der Waals surface area contributed by atoms with E-state index >= 15 is 0 Å². The van der Waals surface area contributed by atoms with Crippen molar-refractivity contribution >= 4 is 40.5 Å². The van der Waals surface area contributed by atoms with Crippen LogP contribution in [0.4, 0.5) is 11.4 Å². The minimum atomic E-state index is -0.571. The summed E-state index contributed by atoms with van der Waals surface area (Å²) in [5.74, 6) is -0.548. The summed E-state index contributed by atoms with van der Waals surface area (Å²) in [6.07, 6.45) is 2.06. The average Bonchev–Trinajstić information content (AvgIpc) is 3.23. The van der Waals surface area contributed by atoms with Crippen molar-refractivity contribution in [3.8, 4) is 0 Å². The van der Waals surface area contributed by atoms with E-state index in [9.17, 15) is 19.7 Å². The van der Waals surface area contributed by atoms with Crippen molar-refractivity contribution in [2.24, 2.45) is 0 Å². The number of likely N-dealkylation sites (tertiary alicyclic amines) is 1. The quantitative estimate of drug-likeness (QED) is 0.466. The molecular weight excluding hydrogens is 380 g/mol. The van der Waals surface area contributed by atoms with Crippen LogP contribution < -0.4 is 10.6 Å². The Balaban J connectivity index is 1.58. The topological polar surface area (TPSA) is 105 Å². The van der Waals surface area contributed by atoms with Crippen LogP contribution in [0.2, 0.25) is 0 Å². The number of nitrogens with one attached hydrogen (secondary N) is 2. The Bertz CT molecular complexity index is 924. The number of benzene rings is 2. The zero-order chi connectivity index (χ0) is 20.1. The maximum atomic E-state index is 12.3. The fourth-order valence-electron chi connectivity index (χ4n) is 2.90. The van der Waals surface area contributed by atoms with Crippen LogP contribution in [0.5, 0.6) is 0 Å². The summed E-state index contributed by atoms with van der Waals surface area (Å²) in [6.45, 7) is 1.57. The lowest BCUT2D eigenvalue weighted by Gasteiger charge is -2.15. The standard InChI is InChI=1S/C19H18N4O4S/c24-17(14-4-3-5-16(12-14)23(26)27)21-19(28)20-15-8-6-13(7-9-15)18(25)22-10-1-2-11-22/h3-9,12H,1-2,10-11H2,(H2,20,21,24,28). The van der Waals surface area contributed by atoms with E-state index in [0.29, 0.717) is 11.3 Å². The van der Waals surface area contributed by atoms with Crippen molar-refractivity contribution in [3.05, 3.63) is 69.8 Å². The molecule has 2 aromatic rings. The molecule has 144 valence electrons. The highest BCUT2D eigenvalue weighted by Gasteiger charge is 2.19. The second kappa shape index (κ2) is 8.57. The van der Waals surface area contributed by atoms with Gasteiger partial charge in [0.2, 0.25) is 0 Å². The largest absolute Gasteiger partial charge is 0.339 e. The molecular formula is C19H18N4O4S. The third-order valence-electron chi connectivity index (χ3n) is 4.33. The van der Waals surface area contributed by atoms with E-state index in [1.165, 1.54) is 24.3 Å². The number of anilines is 1. The molecule has 9 heteroatoms. The van der Waals surface area contributed by atoms with Gasteiger partial charge in [-0.2, -0.15) is 0 Å². The van der Waals surface area contributed by atoms with Gasteiger partial charge in [-0.25, -0.2) is 0 Å². The molecule has 0 aliphatic carbocycles. The molecule has 1 saturated heterocycles. The van der Waals surface area contributed by atoms with Crippen molar-refractivity contribution in [3.63, 3.8) is 0 Å². The molecule has 1 fully saturated rings. The number of carbonyl (C=O) groups excluding carboxylic acids is 2. The summed E-state index contributed by atoms with van der Waals surface area (Å²) in [7, 11) is 0. The molecule has 3 rings (SSSR count). The summed E-state index contributed by atoms with van der Waals surface area (Å²) in [4.78, 5) is 36.6. The molecule has 0 radical (unpaired) electrons. The highest BCUT2D eigenvalue weighted by Crippen LogP contribution is 2.16. The van der Waals surface area contributed by atoms with Crippen molar-refractivity contribution in [1.82, 2.24) is 10.2 Å². The van der Waals surface area contributed by atoms with Crippen LogP contribution in [0, 0.1) is 10.1 Å². The molecule has 0 saturated carbocycles. The van der Waals surface area contributed by atoms with Crippen molar-refractivity contribution in [2.75, 3.05) is 18.4 Å². The molecule has 1 heterocycles. The van der Waals surface area contributed by atoms with Crippen molar-refractivity contribution < 1.29 is 14.5 Å². The van der Waals surface area contributed by atoms with Gasteiger partial charge in [-0.15, -0.1) is 0 Å². The number of amides is 2. The first kappa shape index (κ1) is 19.4. The molecule has 28 heavy (non-hydrogen) atoms. The second-order valence-corrected chi connectivity index (χ2v) is 6.70. The van der Waals surface area contributed by atoms with Gasteiger partial charge in [-0.1, -0.05) is 6.07 Å². The number of nitro groups is 1. The average molecular weight is 398 g/mol. The van der Waals surface area contributed by atoms with Gasteiger partial charge in [0.1, 0.15) is 0 Å². The molecule has 0 unspecified atom stereocenters. The van der Waals surface area contributed by atoms with Crippen LogP contribution in [0.1, 0.15) is 33.6 Å². The lowest BCUT2D eigenvalue weighted by molar-refractivity contribution is -0.384. The maximum absolute atomic E-state index is 12.3. The van der Waals surface area contributed by atoms with Crippen LogP contribution in [-0.4, -0.2) is 39.8 Å². The molecule has 0 atom stereocenters. The van der Waals surface area contributed by atoms with Crippen LogP contribution in [-0.2, 0) is 0 Å². The number of carbonyl (C=O) groups is 2. The molecule has 1 aliphatic heterocycles. The zero-order valence-corrected chi connectivity index (χ0v) is 15.7. The number of thiocarbonyl (C=S) groups is 1. The van der Waals surface area contributed by atoms with Gasteiger partial charge in [0.15, 0.2) is 5.11 Å². The van der Waals surface area contributed by atoms with Crippen molar-refractivity contribution in [2.45, 2.75) is 12.8 Å². The van der Waals surface area contributed by atoms with E-state index in [2.05, 4.69) is 10.6 Å². The number of non-ortho nitro benzene ring substituents is 1. The Kier molecular flexibility index (Phi) is 5.95. The highest BCUT2D eigenvalue weighted by molar-refractivity contribution is 7.80. The normalized spacial score (nSPS) is 13.1. The maximum Gasteiger partial charge on any atom is 0.270 e. The van der Waals surface area contributed by atoms with E-state index in [0.717, 1.165) is 25.9 Å². The first-order valence-electron chi connectivity index (χ1n) is 8.70. The number of nitro benzene ring substituents is 1. The Labute approximate surface area is 166 Å². The van der Waals surface area contributed by atoms with Gasteiger partial charge in [-0.05, 0) is 55.4 Å². The predicted molar refractivity (Wildman–Crippen MR) is 108 cm³/mol. The van der Waals surface area contributed by atoms with Crippen LogP contribution in [0.3, 0.4) is 0 Å². The van der Waals surface area contributed by atoms with Gasteiger partial charge in [0, 0.05) is 42.0 Å². The molecule has 2 aromatic carbocycles. The second-order valence-electron chi connectivity index (χ2n) is 6.29. The van der Waals surface area contributed by atoms with Gasteiger partial charge in [0.25, 0.3) is 17.5 Å². The molecule has 1 aliphatic rings. The molecule has 2 amide bonds. The van der Waals surface area contributed by atoms with Crippen LogP contribution in [0.25, 0.3) is 0 Å². The molecule has 0 spiro atoms. The minimum absolute atomic E-state index is 0.00519. The molecule has 0 bridgehead atoms. The molecule has 8 nitrogen and oxygen atoms in total. The Morgan fingerprint density at radius 2 is 1.71 bits per heavy atom. The Morgan fingerprint density at radius 3 is 2.36 bits per heavy atom.